The second-order valence-corrected chi connectivity index (χ2v) is 6.25. The Morgan fingerprint density at radius 3 is 2.63 bits per heavy atom. The Balaban J connectivity index is 2.30. The zero-order chi connectivity index (χ0) is 14.0. The van der Waals surface area contributed by atoms with Crippen LogP contribution in [0.3, 0.4) is 0 Å². The van der Waals surface area contributed by atoms with Crippen LogP contribution in [0.15, 0.2) is 24.3 Å². The van der Waals surface area contributed by atoms with Crippen molar-refractivity contribution in [2.24, 2.45) is 0 Å². The molecule has 106 valence electrons. The van der Waals surface area contributed by atoms with Crippen molar-refractivity contribution in [3.05, 3.63) is 24.3 Å². The van der Waals surface area contributed by atoms with Crippen LogP contribution >= 0.6 is 0 Å². The Labute approximate surface area is 116 Å². The number of rotatable bonds is 3. The van der Waals surface area contributed by atoms with Gasteiger partial charge in [-0.25, -0.2) is 0 Å². The van der Waals surface area contributed by atoms with Crippen LogP contribution in [0.2, 0.25) is 0 Å². The van der Waals surface area contributed by atoms with Gasteiger partial charge in [-0.2, -0.15) is 0 Å². The first-order valence-corrected chi connectivity index (χ1v) is 7.11. The predicted octanol–water partition coefficient (Wildman–Crippen LogP) is 3.21. The van der Waals surface area contributed by atoms with E-state index in [1.54, 1.807) is 0 Å². The van der Waals surface area contributed by atoms with Crippen LogP contribution in [0, 0.1) is 0 Å². The van der Waals surface area contributed by atoms with Crippen molar-refractivity contribution in [3.63, 3.8) is 0 Å². The Kier molecular flexibility index (Phi) is 4.04. The molecule has 0 aliphatic carbocycles. The highest BCUT2D eigenvalue weighted by molar-refractivity contribution is 5.60. The number of piperidine rings is 1. The summed E-state index contributed by atoms with van der Waals surface area (Å²) in [5.74, 6) is 0.932. The number of hydrogen-bond donors (Lipinski definition) is 1. The normalized spacial score (nSPS) is 22.6. The molecule has 0 aromatic heterocycles. The molecule has 1 fully saturated rings. The number of para-hydroxylation sites is 2. The minimum atomic E-state index is -0.190. The van der Waals surface area contributed by atoms with Gasteiger partial charge < -0.3 is 14.7 Å². The molecule has 1 aromatic rings. The molecular weight excluding hydrogens is 238 g/mol. The summed E-state index contributed by atoms with van der Waals surface area (Å²) in [5.41, 5.74) is 1.08. The third kappa shape index (κ3) is 3.21. The van der Waals surface area contributed by atoms with Gasteiger partial charge in [-0.3, -0.25) is 0 Å². The summed E-state index contributed by atoms with van der Waals surface area (Å²) < 4.78 is 5.91. The fourth-order valence-corrected chi connectivity index (χ4v) is 2.85. The van der Waals surface area contributed by atoms with Crippen molar-refractivity contribution in [2.75, 3.05) is 11.4 Å². The van der Waals surface area contributed by atoms with Gasteiger partial charge in [0.15, 0.2) is 0 Å². The van der Waals surface area contributed by atoms with Gasteiger partial charge in [-0.05, 0) is 52.7 Å². The minimum absolute atomic E-state index is 0.0475. The molecule has 0 amide bonds. The topological polar surface area (TPSA) is 32.7 Å². The number of nitrogens with zero attached hydrogens (tertiary/aromatic N) is 1. The molecule has 1 saturated heterocycles. The van der Waals surface area contributed by atoms with E-state index >= 15 is 0 Å². The van der Waals surface area contributed by atoms with Gasteiger partial charge in [-0.1, -0.05) is 12.1 Å². The van der Waals surface area contributed by atoms with Crippen LogP contribution in [0.1, 0.15) is 40.5 Å². The molecule has 1 aliphatic heterocycles. The van der Waals surface area contributed by atoms with E-state index < -0.39 is 0 Å². The van der Waals surface area contributed by atoms with Crippen LogP contribution in [-0.2, 0) is 0 Å². The SMILES string of the molecule is CC(C)Oc1ccccc1N1CCC(O)CC1(C)C. The quantitative estimate of drug-likeness (QED) is 0.909. The van der Waals surface area contributed by atoms with E-state index in [9.17, 15) is 5.11 Å². The zero-order valence-electron chi connectivity index (χ0n) is 12.4. The third-order valence-corrected chi connectivity index (χ3v) is 3.67. The average molecular weight is 263 g/mol. The molecule has 1 aromatic carbocycles. The van der Waals surface area contributed by atoms with E-state index in [1.165, 1.54) is 0 Å². The van der Waals surface area contributed by atoms with E-state index in [-0.39, 0.29) is 17.7 Å². The number of anilines is 1. The smallest absolute Gasteiger partial charge is 0.142 e. The minimum Gasteiger partial charge on any atom is -0.489 e. The van der Waals surface area contributed by atoms with Crippen LogP contribution < -0.4 is 9.64 Å². The molecule has 3 heteroatoms. The highest BCUT2D eigenvalue weighted by Gasteiger charge is 2.35. The summed E-state index contributed by atoms with van der Waals surface area (Å²) in [6.45, 7) is 9.32. The fourth-order valence-electron chi connectivity index (χ4n) is 2.85. The lowest BCUT2D eigenvalue weighted by Crippen LogP contribution is -2.51. The molecular formula is C16H25NO2. The number of hydrogen-bond acceptors (Lipinski definition) is 3. The molecule has 0 bridgehead atoms. The Morgan fingerprint density at radius 1 is 1.32 bits per heavy atom. The second-order valence-electron chi connectivity index (χ2n) is 6.25. The Bertz CT molecular complexity index is 429. The number of ether oxygens (including phenoxy) is 1. The van der Waals surface area contributed by atoms with Gasteiger partial charge in [0.2, 0.25) is 0 Å². The summed E-state index contributed by atoms with van der Waals surface area (Å²) in [4.78, 5) is 2.36. The van der Waals surface area contributed by atoms with Crippen LogP contribution in [-0.4, -0.2) is 29.4 Å². The molecule has 19 heavy (non-hydrogen) atoms. The second kappa shape index (κ2) is 5.41. The summed E-state index contributed by atoms with van der Waals surface area (Å²) in [6, 6.07) is 8.18. The summed E-state index contributed by atoms with van der Waals surface area (Å²) in [5, 5.41) is 9.87. The molecule has 1 unspecified atom stereocenters. The number of benzene rings is 1. The van der Waals surface area contributed by atoms with Gasteiger partial charge in [0.05, 0.1) is 17.9 Å². The van der Waals surface area contributed by atoms with Gasteiger partial charge in [0.1, 0.15) is 5.75 Å². The van der Waals surface area contributed by atoms with Gasteiger partial charge in [0.25, 0.3) is 0 Å². The first-order valence-electron chi connectivity index (χ1n) is 7.11. The monoisotopic (exact) mass is 263 g/mol. The van der Waals surface area contributed by atoms with Crippen molar-refractivity contribution in [2.45, 2.75) is 58.3 Å². The maximum atomic E-state index is 9.87. The summed E-state index contributed by atoms with van der Waals surface area (Å²) in [7, 11) is 0. The maximum Gasteiger partial charge on any atom is 0.142 e. The highest BCUT2D eigenvalue weighted by Crippen LogP contribution is 2.38. The van der Waals surface area contributed by atoms with E-state index in [0.717, 1.165) is 30.8 Å². The Morgan fingerprint density at radius 2 is 2.00 bits per heavy atom. The van der Waals surface area contributed by atoms with Crippen LogP contribution in [0.25, 0.3) is 0 Å². The van der Waals surface area contributed by atoms with Crippen molar-refractivity contribution < 1.29 is 9.84 Å². The van der Waals surface area contributed by atoms with Crippen molar-refractivity contribution in [1.29, 1.82) is 0 Å². The molecule has 2 rings (SSSR count). The largest absolute Gasteiger partial charge is 0.489 e. The van der Waals surface area contributed by atoms with E-state index in [4.69, 9.17) is 4.74 Å². The molecule has 1 aliphatic rings. The van der Waals surface area contributed by atoms with Crippen molar-refractivity contribution >= 4 is 5.69 Å². The molecule has 0 spiro atoms. The van der Waals surface area contributed by atoms with E-state index in [2.05, 4.69) is 24.8 Å². The van der Waals surface area contributed by atoms with Gasteiger partial charge in [0, 0.05) is 12.1 Å². The number of aliphatic hydroxyl groups is 1. The van der Waals surface area contributed by atoms with Gasteiger partial charge >= 0.3 is 0 Å². The first kappa shape index (κ1) is 14.2. The summed E-state index contributed by atoms with van der Waals surface area (Å²) in [6.07, 6.45) is 1.59. The molecule has 1 atom stereocenters. The Hall–Kier alpha value is -1.22. The van der Waals surface area contributed by atoms with Gasteiger partial charge in [-0.15, -0.1) is 0 Å². The molecule has 1 N–H and O–H groups in total. The molecule has 3 nitrogen and oxygen atoms in total. The van der Waals surface area contributed by atoms with E-state index in [0.29, 0.717) is 0 Å². The lowest BCUT2D eigenvalue weighted by Gasteiger charge is -2.46. The average Bonchev–Trinajstić information content (AvgIpc) is 2.28. The lowest BCUT2D eigenvalue weighted by atomic mass is 9.88. The highest BCUT2D eigenvalue weighted by atomic mass is 16.5. The third-order valence-electron chi connectivity index (χ3n) is 3.67. The van der Waals surface area contributed by atoms with Crippen LogP contribution in [0.5, 0.6) is 5.75 Å². The molecule has 0 saturated carbocycles. The summed E-state index contributed by atoms with van der Waals surface area (Å²) >= 11 is 0. The van der Waals surface area contributed by atoms with Crippen LogP contribution in [0.4, 0.5) is 5.69 Å². The fraction of sp³-hybridized carbons (Fsp3) is 0.625. The standard InChI is InChI=1S/C16H25NO2/c1-12(2)19-15-8-6-5-7-14(15)17-10-9-13(18)11-16(17,3)4/h5-8,12-13,18H,9-11H2,1-4H3. The molecule has 0 radical (unpaired) electrons. The molecule has 1 heterocycles. The zero-order valence-corrected chi connectivity index (χ0v) is 12.4. The number of aliphatic hydroxyl groups excluding tert-OH is 1. The predicted molar refractivity (Wildman–Crippen MR) is 78.9 cm³/mol. The van der Waals surface area contributed by atoms with Crippen molar-refractivity contribution in [3.8, 4) is 5.75 Å². The first-order chi connectivity index (χ1) is 8.90. The maximum absolute atomic E-state index is 9.87. The lowest BCUT2D eigenvalue weighted by molar-refractivity contribution is 0.107. The van der Waals surface area contributed by atoms with Crippen molar-refractivity contribution in [1.82, 2.24) is 0 Å². The van der Waals surface area contributed by atoms with E-state index in [1.807, 2.05) is 32.0 Å².